The second-order valence-corrected chi connectivity index (χ2v) is 7.67. The Bertz CT molecular complexity index is 734. The van der Waals surface area contributed by atoms with Crippen molar-refractivity contribution < 1.29 is 4.79 Å². The molecule has 1 aromatic carbocycles. The number of nitrogens with zero attached hydrogens (tertiary/aromatic N) is 2. The van der Waals surface area contributed by atoms with Crippen molar-refractivity contribution in [1.82, 2.24) is 14.9 Å². The zero-order chi connectivity index (χ0) is 14.9. The summed E-state index contributed by atoms with van der Waals surface area (Å²) in [4.78, 5) is 22.6. The van der Waals surface area contributed by atoms with E-state index in [1.165, 1.54) is 19.3 Å². The van der Waals surface area contributed by atoms with Crippen LogP contribution in [-0.4, -0.2) is 33.9 Å². The zero-order valence-electron chi connectivity index (χ0n) is 12.9. The lowest BCUT2D eigenvalue weighted by molar-refractivity contribution is 0.0749. The average molecular weight is 295 g/mol. The van der Waals surface area contributed by atoms with Crippen LogP contribution in [0.25, 0.3) is 11.0 Å². The molecule has 22 heavy (non-hydrogen) atoms. The highest BCUT2D eigenvalue weighted by Crippen LogP contribution is 2.62. The number of likely N-dealkylation sites (tertiary alicyclic amines) is 1. The first-order chi connectivity index (χ1) is 10.6. The van der Waals surface area contributed by atoms with Gasteiger partial charge in [-0.25, -0.2) is 4.98 Å². The van der Waals surface area contributed by atoms with E-state index in [0.29, 0.717) is 17.2 Å². The van der Waals surface area contributed by atoms with Crippen LogP contribution in [-0.2, 0) is 0 Å². The van der Waals surface area contributed by atoms with Crippen LogP contribution in [0.4, 0.5) is 0 Å². The third kappa shape index (κ3) is 1.53. The number of para-hydroxylation sites is 2. The Kier molecular flexibility index (Phi) is 2.37. The van der Waals surface area contributed by atoms with Crippen LogP contribution in [0.15, 0.2) is 24.3 Å². The average Bonchev–Trinajstić information content (AvgIpc) is 3.25. The van der Waals surface area contributed by atoms with Crippen LogP contribution in [0.1, 0.15) is 36.8 Å². The van der Waals surface area contributed by atoms with Crippen LogP contribution < -0.4 is 0 Å². The number of rotatable bonds is 1. The molecule has 1 aromatic heterocycles. The summed E-state index contributed by atoms with van der Waals surface area (Å²) < 4.78 is 0. The van der Waals surface area contributed by atoms with Crippen LogP contribution >= 0.6 is 0 Å². The van der Waals surface area contributed by atoms with Gasteiger partial charge in [-0.3, -0.25) is 4.79 Å². The highest BCUT2D eigenvalue weighted by Gasteiger charge is 2.59. The standard InChI is InChI=1S/C18H21N3O/c1-18-10-21(9-13(18)11-6-7-12(18)8-11)17(22)16-19-14-4-2-3-5-15(14)20-16/h2-5,11-13H,6-10H2,1H3,(H,19,20)/t11-,12+,13-,18+/m0/s1. The largest absolute Gasteiger partial charge is 0.335 e. The molecule has 2 saturated carbocycles. The zero-order valence-corrected chi connectivity index (χ0v) is 12.9. The van der Waals surface area contributed by atoms with Gasteiger partial charge in [-0.2, -0.15) is 0 Å². The van der Waals surface area contributed by atoms with E-state index in [9.17, 15) is 4.79 Å². The van der Waals surface area contributed by atoms with Gasteiger partial charge >= 0.3 is 0 Å². The smallest absolute Gasteiger partial charge is 0.289 e. The number of hydrogen-bond donors (Lipinski definition) is 1. The molecule has 3 aliphatic rings. The van der Waals surface area contributed by atoms with Crippen molar-refractivity contribution in [1.29, 1.82) is 0 Å². The fourth-order valence-corrected chi connectivity index (χ4v) is 5.50. The summed E-state index contributed by atoms with van der Waals surface area (Å²) >= 11 is 0. The summed E-state index contributed by atoms with van der Waals surface area (Å²) in [6, 6.07) is 7.84. The summed E-state index contributed by atoms with van der Waals surface area (Å²) in [5.74, 6) is 2.96. The SMILES string of the molecule is C[C@]12CN(C(=O)c3nc4ccccc4[nH]3)C[C@H]1[C@H]1CC[C@@H]2C1. The molecule has 4 heteroatoms. The first-order valence-electron chi connectivity index (χ1n) is 8.39. The van der Waals surface area contributed by atoms with Crippen molar-refractivity contribution in [3.8, 4) is 0 Å². The van der Waals surface area contributed by atoms with Gasteiger partial charge in [0.05, 0.1) is 11.0 Å². The monoisotopic (exact) mass is 295 g/mol. The first kappa shape index (κ1) is 12.7. The molecular weight excluding hydrogens is 274 g/mol. The van der Waals surface area contributed by atoms with Crippen molar-refractivity contribution in [2.24, 2.45) is 23.2 Å². The lowest BCUT2D eigenvalue weighted by Gasteiger charge is -2.34. The molecule has 1 saturated heterocycles. The molecule has 2 aromatic rings. The molecule has 3 fully saturated rings. The lowest BCUT2D eigenvalue weighted by atomic mass is 9.70. The minimum Gasteiger partial charge on any atom is -0.335 e. The van der Waals surface area contributed by atoms with E-state index in [1.807, 2.05) is 29.2 Å². The molecule has 2 heterocycles. The Hall–Kier alpha value is -1.84. The number of fused-ring (bicyclic) bond motifs is 6. The van der Waals surface area contributed by atoms with Gasteiger partial charge in [-0.1, -0.05) is 19.1 Å². The van der Waals surface area contributed by atoms with Gasteiger partial charge < -0.3 is 9.88 Å². The molecule has 0 unspecified atom stereocenters. The summed E-state index contributed by atoms with van der Waals surface area (Å²) in [6.07, 6.45) is 4.13. The van der Waals surface area contributed by atoms with Crippen LogP contribution in [0.3, 0.4) is 0 Å². The van der Waals surface area contributed by atoms with Crippen LogP contribution in [0.2, 0.25) is 0 Å². The molecule has 5 rings (SSSR count). The molecule has 2 aliphatic carbocycles. The molecule has 1 N–H and O–H groups in total. The number of H-pyrrole nitrogens is 1. The molecule has 2 bridgehead atoms. The van der Waals surface area contributed by atoms with E-state index in [0.717, 1.165) is 36.0 Å². The van der Waals surface area contributed by atoms with Crippen molar-refractivity contribution in [2.75, 3.05) is 13.1 Å². The quantitative estimate of drug-likeness (QED) is 0.879. The Morgan fingerprint density at radius 1 is 1.36 bits per heavy atom. The minimum atomic E-state index is 0.0752. The molecule has 4 atom stereocenters. The lowest BCUT2D eigenvalue weighted by Crippen LogP contribution is -2.34. The number of amides is 1. The number of benzene rings is 1. The topological polar surface area (TPSA) is 49.0 Å². The van der Waals surface area contributed by atoms with Gasteiger partial charge in [0.25, 0.3) is 5.91 Å². The second kappa shape index (κ2) is 4.12. The van der Waals surface area contributed by atoms with Crippen LogP contribution in [0.5, 0.6) is 0 Å². The molecule has 0 radical (unpaired) electrons. The Labute approximate surface area is 129 Å². The van der Waals surface area contributed by atoms with Gasteiger partial charge in [-0.15, -0.1) is 0 Å². The maximum absolute atomic E-state index is 12.9. The Morgan fingerprint density at radius 3 is 3.05 bits per heavy atom. The van der Waals surface area contributed by atoms with E-state index >= 15 is 0 Å². The number of imidazole rings is 1. The van der Waals surface area contributed by atoms with E-state index < -0.39 is 0 Å². The van der Waals surface area contributed by atoms with Crippen molar-refractivity contribution >= 4 is 16.9 Å². The number of hydrogen-bond acceptors (Lipinski definition) is 2. The highest BCUT2D eigenvalue weighted by atomic mass is 16.2. The van der Waals surface area contributed by atoms with Gasteiger partial charge in [0.15, 0.2) is 5.82 Å². The molecule has 114 valence electrons. The highest BCUT2D eigenvalue weighted by molar-refractivity contribution is 5.94. The van der Waals surface area contributed by atoms with E-state index in [4.69, 9.17) is 0 Å². The van der Waals surface area contributed by atoms with Gasteiger partial charge in [0, 0.05) is 13.1 Å². The molecular formula is C18H21N3O. The summed E-state index contributed by atoms with van der Waals surface area (Å²) in [5, 5.41) is 0. The number of aromatic nitrogens is 2. The van der Waals surface area contributed by atoms with Crippen molar-refractivity contribution in [3.05, 3.63) is 30.1 Å². The van der Waals surface area contributed by atoms with Crippen LogP contribution in [0, 0.1) is 23.2 Å². The predicted molar refractivity (Wildman–Crippen MR) is 84.4 cm³/mol. The minimum absolute atomic E-state index is 0.0752. The summed E-state index contributed by atoms with van der Waals surface area (Å²) in [7, 11) is 0. The van der Waals surface area contributed by atoms with Crippen molar-refractivity contribution in [2.45, 2.75) is 26.2 Å². The van der Waals surface area contributed by atoms with E-state index in [1.54, 1.807) is 0 Å². The van der Waals surface area contributed by atoms with Crippen molar-refractivity contribution in [3.63, 3.8) is 0 Å². The Balaban J connectivity index is 1.45. The fourth-order valence-electron chi connectivity index (χ4n) is 5.50. The molecule has 0 spiro atoms. The fraction of sp³-hybridized carbons (Fsp3) is 0.556. The third-order valence-corrected chi connectivity index (χ3v) is 6.65. The third-order valence-electron chi connectivity index (χ3n) is 6.65. The summed E-state index contributed by atoms with van der Waals surface area (Å²) in [5.41, 5.74) is 2.16. The van der Waals surface area contributed by atoms with E-state index in [2.05, 4.69) is 16.9 Å². The maximum Gasteiger partial charge on any atom is 0.289 e. The molecule has 1 amide bonds. The maximum atomic E-state index is 12.9. The van der Waals surface area contributed by atoms with Gasteiger partial charge in [0.2, 0.25) is 0 Å². The molecule has 1 aliphatic heterocycles. The second-order valence-electron chi connectivity index (χ2n) is 7.67. The van der Waals surface area contributed by atoms with Gasteiger partial charge in [-0.05, 0) is 54.6 Å². The predicted octanol–water partition coefficient (Wildman–Crippen LogP) is 3.07. The number of nitrogens with one attached hydrogen (secondary N) is 1. The van der Waals surface area contributed by atoms with E-state index in [-0.39, 0.29) is 5.91 Å². The number of aromatic amines is 1. The first-order valence-corrected chi connectivity index (χ1v) is 8.39. The number of carbonyl (C=O) groups is 1. The number of carbonyl (C=O) groups excluding carboxylic acids is 1. The Morgan fingerprint density at radius 2 is 2.23 bits per heavy atom. The van der Waals surface area contributed by atoms with Gasteiger partial charge in [0.1, 0.15) is 0 Å². The summed E-state index contributed by atoms with van der Waals surface area (Å²) in [6.45, 7) is 4.25. The normalized spacial score (nSPS) is 36.2. The molecule has 4 nitrogen and oxygen atoms in total.